The Bertz CT molecular complexity index is 1520. The van der Waals surface area contributed by atoms with Crippen LogP contribution in [0.2, 0.25) is 0 Å². The van der Waals surface area contributed by atoms with Crippen molar-refractivity contribution in [1.29, 1.82) is 0 Å². The van der Waals surface area contributed by atoms with E-state index in [4.69, 9.17) is 0 Å². The van der Waals surface area contributed by atoms with Crippen LogP contribution < -0.4 is 42.8 Å². The second kappa shape index (κ2) is 12.0. The number of benzene rings is 4. The van der Waals surface area contributed by atoms with E-state index in [1.807, 2.05) is 0 Å². The molecule has 198 valence electrons. The van der Waals surface area contributed by atoms with Crippen LogP contribution in [0.3, 0.4) is 0 Å². The van der Waals surface area contributed by atoms with Crippen molar-refractivity contribution in [2.24, 2.45) is 23.7 Å². The Hall–Kier alpha value is -2.27. The third-order valence-corrected chi connectivity index (χ3v) is 13.9. The molecule has 42 heavy (non-hydrogen) atoms. The van der Waals surface area contributed by atoms with E-state index in [1.165, 1.54) is 50.2 Å². The first kappa shape index (κ1) is 29.8. The van der Waals surface area contributed by atoms with Gasteiger partial charge in [-0.05, 0) is 40.5 Å². The Labute approximate surface area is 275 Å². The summed E-state index contributed by atoms with van der Waals surface area (Å²) >= 11 is 0. The van der Waals surface area contributed by atoms with Crippen LogP contribution >= 0.6 is 0 Å². The van der Waals surface area contributed by atoms with E-state index in [0.29, 0.717) is 0 Å². The fourth-order valence-corrected chi connectivity index (χ4v) is 13.2. The Morgan fingerprint density at radius 2 is 0.762 bits per heavy atom. The first-order valence-electron chi connectivity index (χ1n) is 15.0. The fourth-order valence-electron chi connectivity index (χ4n) is 8.88. The molecule has 4 aliphatic rings. The molecule has 0 spiro atoms. The van der Waals surface area contributed by atoms with Gasteiger partial charge >= 0.3 is 37.7 Å². The van der Waals surface area contributed by atoms with Crippen LogP contribution in [0.1, 0.15) is 32.1 Å². The molecule has 0 saturated heterocycles. The standard InChI is InChI=1S/C38H34OSi.2Li/c39-38(32-22-26-21-27(24-32)25-33(38)23-26)40-36(30-17-9-3-10-18-30)34(28-13-5-1-6-14-28)35(29-15-7-2-8-16-29)37(40)31-19-11-4-12-20-31;;/h1-20,26-27,32-33H,21-25H2;;/q-2;2*+1. The molecule has 1 nitrogen and oxygen atoms in total. The minimum atomic E-state index is -1.74. The predicted molar refractivity (Wildman–Crippen MR) is 165 cm³/mol. The molecule has 4 saturated carbocycles. The minimum Gasteiger partial charge on any atom is -0.873 e. The number of rotatable bonds is 5. The molecule has 4 aromatic carbocycles. The number of hydrogen-bond acceptors (Lipinski definition) is 1. The van der Waals surface area contributed by atoms with Gasteiger partial charge in [-0.1, -0.05) is 170 Å². The van der Waals surface area contributed by atoms with Crippen molar-refractivity contribution in [3.05, 3.63) is 121 Å². The molecule has 1 heterocycles. The zero-order valence-electron chi connectivity index (χ0n) is 24.8. The summed E-state index contributed by atoms with van der Waals surface area (Å²) in [7, 11) is -1.74. The summed E-state index contributed by atoms with van der Waals surface area (Å²) in [5, 5.41) is 17.9. The summed E-state index contributed by atoms with van der Waals surface area (Å²) in [6.07, 6.45) is 5.90. The van der Waals surface area contributed by atoms with Crippen LogP contribution in [-0.4, -0.2) is 8.40 Å². The smallest absolute Gasteiger partial charge is 0.873 e. The molecule has 5 aromatic rings. The molecule has 1 aromatic heterocycles. The van der Waals surface area contributed by atoms with Crippen LogP contribution in [0.5, 0.6) is 0 Å². The van der Waals surface area contributed by atoms with Gasteiger partial charge in [-0.3, -0.25) is 8.40 Å². The van der Waals surface area contributed by atoms with Gasteiger partial charge in [0.25, 0.3) is 0 Å². The molecule has 0 amide bonds. The van der Waals surface area contributed by atoms with Gasteiger partial charge in [0.15, 0.2) is 0 Å². The molecule has 4 fully saturated rings. The van der Waals surface area contributed by atoms with E-state index in [9.17, 15) is 0 Å². The third kappa shape index (κ3) is 4.73. The van der Waals surface area contributed by atoms with Crippen molar-refractivity contribution in [2.45, 2.75) is 37.3 Å². The summed E-state index contributed by atoms with van der Waals surface area (Å²) < 4.78 is 0. The van der Waals surface area contributed by atoms with Gasteiger partial charge in [-0.25, -0.2) is 5.22 Å². The van der Waals surface area contributed by atoms with Gasteiger partial charge in [0.1, 0.15) is 0 Å². The van der Waals surface area contributed by atoms with Crippen molar-refractivity contribution >= 4 is 8.40 Å². The topological polar surface area (TPSA) is 23.1 Å². The predicted octanol–water partition coefficient (Wildman–Crippen LogP) is 2.58. The van der Waals surface area contributed by atoms with Crippen molar-refractivity contribution in [2.75, 3.05) is 0 Å². The molecule has 0 N–H and O–H groups in total. The summed E-state index contributed by atoms with van der Waals surface area (Å²) in [5.41, 5.74) is 7.49. The average molecular weight is 549 g/mol. The van der Waals surface area contributed by atoms with Crippen molar-refractivity contribution in [1.82, 2.24) is 0 Å². The fraction of sp³-hybridized carbons (Fsp3) is 0.263. The van der Waals surface area contributed by atoms with Crippen LogP contribution in [0.25, 0.3) is 43.7 Å². The monoisotopic (exact) mass is 548 g/mol. The van der Waals surface area contributed by atoms with Gasteiger partial charge in [-0.15, -0.1) is 0 Å². The molecule has 4 aliphatic carbocycles. The Morgan fingerprint density at radius 3 is 1.10 bits per heavy atom. The normalized spacial score (nSPS) is 25.5. The molecule has 0 aliphatic heterocycles. The molecule has 0 radical (unpaired) electrons. The zero-order valence-corrected chi connectivity index (χ0v) is 25.8. The average Bonchev–Trinajstić information content (AvgIpc) is 3.38. The Balaban J connectivity index is 0.00000158. The van der Waals surface area contributed by atoms with Crippen LogP contribution in [0.4, 0.5) is 0 Å². The van der Waals surface area contributed by atoms with E-state index >= 15 is 5.11 Å². The van der Waals surface area contributed by atoms with E-state index in [2.05, 4.69) is 121 Å². The van der Waals surface area contributed by atoms with Gasteiger partial charge in [0, 0.05) is 0 Å². The van der Waals surface area contributed by atoms with Crippen molar-refractivity contribution in [3.63, 3.8) is 0 Å². The summed E-state index contributed by atoms with van der Waals surface area (Å²) in [5.74, 6) is 2.09. The van der Waals surface area contributed by atoms with Crippen molar-refractivity contribution in [3.8, 4) is 43.7 Å². The molecule has 9 rings (SSSR count). The maximum absolute atomic E-state index is 16.1. The van der Waals surface area contributed by atoms with Gasteiger partial charge in [-0.2, -0.15) is 10.3 Å². The Morgan fingerprint density at radius 1 is 0.452 bits per heavy atom. The van der Waals surface area contributed by atoms with Gasteiger partial charge in [0.2, 0.25) is 0 Å². The van der Waals surface area contributed by atoms with E-state index in [1.54, 1.807) is 0 Å². The van der Waals surface area contributed by atoms with E-state index < -0.39 is 13.6 Å². The summed E-state index contributed by atoms with van der Waals surface area (Å²) in [6.45, 7) is 0. The quantitative estimate of drug-likeness (QED) is 0.310. The maximum atomic E-state index is 16.1. The first-order valence-corrected chi connectivity index (χ1v) is 16.5. The largest absolute Gasteiger partial charge is 1.00 e. The van der Waals surface area contributed by atoms with Crippen LogP contribution in [-0.2, 0) is 5.22 Å². The van der Waals surface area contributed by atoms with Gasteiger partial charge < -0.3 is 5.11 Å². The van der Waals surface area contributed by atoms with E-state index in [0.717, 1.165) is 37.5 Å². The molecule has 0 atom stereocenters. The third-order valence-electron chi connectivity index (χ3n) is 10.2. The first-order chi connectivity index (χ1) is 19.7. The number of hydrogen-bond donors (Lipinski definition) is 0. The van der Waals surface area contributed by atoms with Crippen LogP contribution in [0.15, 0.2) is 121 Å². The summed E-state index contributed by atoms with van der Waals surface area (Å²) in [4.78, 5) is 0. The molecule has 4 bridgehead atoms. The second-order valence-corrected chi connectivity index (χ2v) is 15.0. The maximum Gasteiger partial charge on any atom is 1.00 e. The molecular weight excluding hydrogens is 514 g/mol. The zero-order chi connectivity index (χ0) is 26.7. The second-order valence-electron chi connectivity index (χ2n) is 12.4. The molecule has 0 unspecified atom stereocenters. The summed E-state index contributed by atoms with van der Waals surface area (Å²) in [6, 6.07) is 43.7. The van der Waals surface area contributed by atoms with Crippen LogP contribution in [0, 0.1) is 23.7 Å². The molecule has 4 heteroatoms. The molecular formula is C38H34Li2OSi. The minimum absolute atomic E-state index is 0. The Kier molecular flexibility index (Phi) is 8.52. The van der Waals surface area contributed by atoms with Gasteiger partial charge in [0.05, 0.1) is 0 Å². The van der Waals surface area contributed by atoms with Crippen molar-refractivity contribution < 1.29 is 42.8 Å². The SMILES string of the molecule is [Li+].[Li+].[O-]C1([si-]2c(-c3ccccc3)c(-c3ccccc3)c(-c3ccccc3)c2-c2ccccc2)C2CC3CC(C2)CC1C3. The van der Waals surface area contributed by atoms with E-state index in [-0.39, 0.29) is 49.6 Å².